The molecule has 0 saturated heterocycles. The van der Waals surface area contributed by atoms with Gasteiger partial charge in [0.05, 0.1) is 9.40 Å². The number of nitro groups is 1. The molecule has 6 heteroatoms. The Balaban J connectivity index is 3.07. The minimum absolute atomic E-state index is 0.0355. The maximum atomic E-state index is 10.6. The minimum atomic E-state index is -0.490. The molecule has 0 atom stereocenters. The zero-order chi connectivity index (χ0) is 11.4. The number of nitro benzene ring substituents is 1. The minimum Gasteiger partial charge on any atom is -0.506 e. The Morgan fingerprint density at radius 3 is 2.73 bits per heavy atom. The van der Waals surface area contributed by atoms with Crippen LogP contribution < -0.4 is 5.73 Å². The second-order valence-corrected chi connectivity index (χ2v) is 3.94. The number of halogens is 1. The van der Waals surface area contributed by atoms with Crippen LogP contribution >= 0.6 is 15.9 Å². The van der Waals surface area contributed by atoms with Gasteiger partial charge in [0.15, 0.2) is 0 Å². The van der Waals surface area contributed by atoms with E-state index >= 15 is 0 Å². The zero-order valence-corrected chi connectivity index (χ0v) is 9.53. The summed E-state index contributed by atoms with van der Waals surface area (Å²) >= 11 is 3.07. The molecule has 0 aliphatic heterocycles. The first-order valence-corrected chi connectivity index (χ1v) is 5.21. The number of benzene rings is 1. The van der Waals surface area contributed by atoms with Crippen molar-refractivity contribution in [3.8, 4) is 5.75 Å². The third kappa shape index (κ3) is 2.90. The highest BCUT2D eigenvalue weighted by Crippen LogP contribution is 2.33. The summed E-state index contributed by atoms with van der Waals surface area (Å²) in [5.74, 6) is 0.0500. The Bertz CT molecular complexity index is 382. The van der Waals surface area contributed by atoms with Gasteiger partial charge in [0.1, 0.15) is 5.75 Å². The number of aromatic hydroxyl groups is 1. The van der Waals surface area contributed by atoms with Crippen molar-refractivity contribution in [2.45, 2.75) is 12.8 Å². The molecule has 1 aromatic rings. The van der Waals surface area contributed by atoms with E-state index < -0.39 is 4.92 Å². The standard InChI is InChI=1S/C9H11BrN2O3/c10-8-5-7(12(14)15)4-6(9(8)13)2-1-3-11/h4-5,13H,1-3,11H2. The van der Waals surface area contributed by atoms with Gasteiger partial charge < -0.3 is 10.8 Å². The Morgan fingerprint density at radius 2 is 2.20 bits per heavy atom. The summed E-state index contributed by atoms with van der Waals surface area (Å²) < 4.78 is 0.337. The van der Waals surface area contributed by atoms with Crippen LogP contribution in [0.3, 0.4) is 0 Å². The average Bonchev–Trinajstić information content (AvgIpc) is 2.19. The number of rotatable bonds is 4. The number of non-ortho nitro benzene ring substituents is 1. The van der Waals surface area contributed by atoms with Gasteiger partial charge in [0, 0.05) is 17.7 Å². The fourth-order valence-electron chi connectivity index (χ4n) is 1.23. The highest BCUT2D eigenvalue weighted by molar-refractivity contribution is 9.10. The second-order valence-electron chi connectivity index (χ2n) is 3.08. The van der Waals surface area contributed by atoms with Crippen LogP contribution in [0.4, 0.5) is 5.69 Å². The van der Waals surface area contributed by atoms with E-state index in [2.05, 4.69) is 15.9 Å². The molecule has 1 aromatic carbocycles. The fraction of sp³-hybridized carbons (Fsp3) is 0.333. The van der Waals surface area contributed by atoms with Crippen LogP contribution in [-0.2, 0) is 6.42 Å². The summed E-state index contributed by atoms with van der Waals surface area (Å²) in [5.41, 5.74) is 5.84. The molecule has 0 aromatic heterocycles. The third-order valence-electron chi connectivity index (χ3n) is 1.99. The van der Waals surface area contributed by atoms with Crippen molar-refractivity contribution in [1.82, 2.24) is 0 Å². The molecule has 0 bridgehead atoms. The van der Waals surface area contributed by atoms with Crippen molar-refractivity contribution < 1.29 is 10.0 Å². The van der Waals surface area contributed by atoms with E-state index in [1.54, 1.807) is 0 Å². The number of hydrogen-bond acceptors (Lipinski definition) is 4. The number of phenolic OH excluding ortho intramolecular Hbond substituents is 1. The third-order valence-corrected chi connectivity index (χ3v) is 2.59. The van der Waals surface area contributed by atoms with E-state index in [1.807, 2.05) is 0 Å². The molecule has 0 saturated carbocycles. The predicted octanol–water partition coefficient (Wildman–Crippen LogP) is 1.95. The molecular weight excluding hydrogens is 264 g/mol. The maximum absolute atomic E-state index is 10.6. The van der Waals surface area contributed by atoms with E-state index in [0.29, 0.717) is 29.4 Å². The molecule has 82 valence electrons. The summed E-state index contributed by atoms with van der Waals surface area (Å²) in [6, 6.07) is 2.65. The predicted molar refractivity (Wildman–Crippen MR) is 59.8 cm³/mol. The van der Waals surface area contributed by atoms with Crippen molar-refractivity contribution in [2.24, 2.45) is 5.73 Å². The van der Waals surface area contributed by atoms with Crippen molar-refractivity contribution >= 4 is 21.6 Å². The number of aryl methyl sites for hydroxylation is 1. The number of hydrogen-bond donors (Lipinski definition) is 2. The lowest BCUT2D eigenvalue weighted by Crippen LogP contribution is -2.01. The molecule has 3 N–H and O–H groups in total. The summed E-state index contributed by atoms with van der Waals surface area (Å²) in [6.07, 6.45) is 1.21. The Hall–Kier alpha value is -1.14. The van der Waals surface area contributed by atoms with E-state index in [1.165, 1.54) is 12.1 Å². The molecule has 0 radical (unpaired) electrons. The van der Waals surface area contributed by atoms with E-state index in [9.17, 15) is 15.2 Å². The highest BCUT2D eigenvalue weighted by Gasteiger charge is 2.14. The van der Waals surface area contributed by atoms with Gasteiger partial charge in [-0.05, 0) is 35.3 Å². The Labute approximate surface area is 95.2 Å². The molecule has 0 heterocycles. The molecule has 1 rings (SSSR count). The van der Waals surface area contributed by atoms with Crippen LogP contribution in [0.2, 0.25) is 0 Å². The summed E-state index contributed by atoms with van der Waals surface area (Å²) in [7, 11) is 0. The Morgan fingerprint density at radius 1 is 1.53 bits per heavy atom. The lowest BCUT2D eigenvalue weighted by Gasteiger charge is -2.05. The Kier molecular flexibility index (Phi) is 4.05. The SMILES string of the molecule is NCCCc1cc([N+](=O)[O-])cc(Br)c1O. The quantitative estimate of drug-likeness (QED) is 0.649. The average molecular weight is 275 g/mol. The molecule has 0 aliphatic carbocycles. The van der Waals surface area contributed by atoms with E-state index in [4.69, 9.17) is 5.73 Å². The van der Waals surface area contributed by atoms with Crippen LogP contribution in [0.5, 0.6) is 5.75 Å². The van der Waals surface area contributed by atoms with Gasteiger partial charge in [0.25, 0.3) is 5.69 Å². The monoisotopic (exact) mass is 274 g/mol. The molecule has 15 heavy (non-hydrogen) atoms. The van der Waals surface area contributed by atoms with Gasteiger partial charge in [-0.1, -0.05) is 0 Å². The first kappa shape index (κ1) is 11.9. The van der Waals surface area contributed by atoms with E-state index in [-0.39, 0.29) is 11.4 Å². The van der Waals surface area contributed by atoms with Crippen LogP contribution in [0.1, 0.15) is 12.0 Å². The van der Waals surface area contributed by atoms with Gasteiger partial charge in [-0.2, -0.15) is 0 Å². The molecule has 0 spiro atoms. The van der Waals surface area contributed by atoms with Crippen LogP contribution in [0, 0.1) is 10.1 Å². The molecule has 0 unspecified atom stereocenters. The largest absolute Gasteiger partial charge is 0.506 e. The van der Waals surface area contributed by atoms with Gasteiger partial charge >= 0.3 is 0 Å². The molecule has 5 nitrogen and oxygen atoms in total. The van der Waals surface area contributed by atoms with Crippen LogP contribution in [0.25, 0.3) is 0 Å². The van der Waals surface area contributed by atoms with Gasteiger partial charge in [0.2, 0.25) is 0 Å². The first-order valence-electron chi connectivity index (χ1n) is 4.42. The van der Waals surface area contributed by atoms with Crippen LogP contribution in [-0.4, -0.2) is 16.6 Å². The zero-order valence-electron chi connectivity index (χ0n) is 7.94. The first-order chi connectivity index (χ1) is 7.06. The lowest BCUT2D eigenvalue weighted by atomic mass is 10.1. The molecular formula is C9H11BrN2O3. The number of phenols is 1. The summed E-state index contributed by atoms with van der Waals surface area (Å²) in [6.45, 7) is 0.486. The lowest BCUT2D eigenvalue weighted by molar-refractivity contribution is -0.385. The molecule has 0 fully saturated rings. The highest BCUT2D eigenvalue weighted by atomic mass is 79.9. The smallest absolute Gasteiger partial charge is 0.271 e. The number of nitrogens with two attached hydrogens (primary N) is 1. The topological polar surface area (TPSA) is 89.4 Å². The summed E-state index contributed by atoms with van der Waals surface area (Å²) in [5, 5.41) is 20.2. The van der Waals surface area contributed by atoms with Crippen molar-refractivity contribution in [1.29, 1.82) is 0 Å². The normalized spacial score (nSPS) is 10.3. The molecule has 0 aliphatic rings. The van der Waals surface area contributed by atoms with Gasteiger partial charge in [-0.3, -0.25) is 10.1 Å². The van der Waals surface area contributed by atoms with Crippen LogP contribution in [0.15, 0.2) is 16.6 Å². The maximum Gasteiger partial charge on any atom is 0.271 e. The summed E-state index contributed by atoms with van der Waals surface area (Å²) in [4.78, 5) is 10.1. The number of nitrogens with zero attached hydrogens (tertiary/aromatic N) is 1. The van der Waals surface area contributed by atoms with E-state index in [0.717, 1.165) is 0 Å². The second kappa shape index (κ2) is 5.09. The van der Waals surface area contributed by atoms with Gasteiger partial charge in [-0.25, -0.2) is 0 Å². The van der Waals surface area contributed by atoms with Crippen molar-refractivity contribution in [3.05, 3.63) is 32.3 Å². The fourth-order valence-corrected chi connectivity index (χ4v) is 1.72. The van der Waals surface area contributed by atoms with Crippen molar-refractivity contribution in [2.75, 3.05) is 6.54 Å². The van der Waals surface area contributed by atoms with Gasteiger partial charge in [-0.15, -0.1) is 0 Å². The molecule has 0 amide bonds. The van der Waals surface area contributed by atoms with Crippen molar-refractivity contribution in [3.63, 3.8) is 0 Å².